The fourth-order valence-electron chi connectivity index (χ4n) is 1.92. The van der Waals surface area contributed by atoms with Crippen molar-refractivity contribution >= 4 is 28.9 Å². The Morgan fingerprint density at radius 3 is 2.38 bits per heavy atom. The van der Waals surface area contributed by atoms with E-state index in [9.17, 15) is 4.39 Å². The molecule has 0 saturated heterocycles. The maximum Gasteiger partial charge on any atom is 0.126 e. The molecule has 1 atom stereocenters. The van der Waals surface area contributed by atoms with Crippen LogP contribution >= 0.6 is 23.2 Å². The third-order valence-corrected chi connectivity index (χ3v) is 3.56. The fourth-order valence-corrected chi connectivity index (χ4v) is 2.49. The highest BCUT2D eigenvalue weighted by Crippen LogP contribution is 2.38. The summed E-state index contributed by atoms with van der Waals surface area (Å²) in [5.41, 5.74) is 0.656. The first-order valence-corrected chi connectivity index (χ1v) is 6.28. The second kappa shape index (κ2) is 4.80. The zero-order chi connectivity index (χ0) is 11.7. The van der Waals surface area contributed by atoms with Gasteiger partial charge in [-0.3, -0.25) is 0 Å². The van der Waals surface area contributed by atoms with E-state index in [0.29, 0.717) is 27.7 Å². The standard InChI is InChI=1S/C12H14Cl2FN/c1-2-11(7-3-4-7)16-12-9(13)5-8(15)6-10(12)14/h5-7,11,16H,2-4H2,1H3. The normalized spacial score (nSPS) is 17.2. The van der Waals surface area contributed by atoms with Gasteiger partial charge in [-0.1, -0.05) is 30.1 Å². The summed E-state index contributed by atoms with van der Waals surface area (Å²) in [6.45, 7) is 2.13. The molecule has 1 unspecified atom stereocenters. The van der Waals surface area contributed by atoms with Crippen LogP contribution in [-0.4, -0.2) is 6.04 Å². The fraction of sp³-hybridized carbons (Fsp3) is 0.500. The molecule has 0 heterocycles. The Balaban J connectivity index is 2.19. The van der Waals surface area contributed by atoms with E-state index in [0.717, 1.165) is 6.42 Å². The van der Waals surface area contributed by atoms with Crippen molar-refractivity contribution < 1.29 is 4.39 Å². The van der Waals surface area contributed by atoms with Gasteiger partial charge in [0.25, 0.3) is 0 Å². The van der Waals surface area contributed by atoms with E-state index in [-0.39, 0.29) is 0 Å². The molecule has 0 bridgehead atoms. The molecule has 4 heteroatoms. The average Bonchev–Trinajstić information content (AvgIpc) is 3.00. The quantitative estimate of drug-likeness (QED) is 0.826. The lowest BCUT2D eigenvalue weighted by molar-refractivity contribution is 0.614. The Kier molecular flexibility index (Phi) is 3.60. The minimum atomic E-state index is -0.403. The number of halogens is 3. The van der Waals surface area contributed by atoms with Crippen molar-refractivity contribution in [1.29, 1.82) is 0 Å². The summed E-state index contributed by atoms with van der Waals surface area (Å²) in [7, 11) is 0. The summed E-state index contributed by atoms with van der Waals surface area (Å²) < 4.78 is 13.0. The summed E-state index contributed by atoms with van der Waals surface area (Å²) in [4.78, 5) is 0. The maximum atomic E-state index is 13.0. The Bertz CT molecular complexity index is 368. The lowest BCUT2D eigenvalue weighted by Crippen LogP contribution is -2.21. The summed E-state index contributed by atoms with van der Waals surface area (Å²) in [6, 6.07) is 2.96. The highest BCUT2D eigenvalue weighted by Gasteiger charge is 2.30. The van der Waals surface area contributed by atoms with Crippen molar-refractivity contribution in [3.8, 4) is 0 Å². The zero-order valence-corrected chi connectivity index (χ0v) is 10.6. The van der Waals surface area contributed by atoms with Gasteiger partial charge in [0, 0.05) is 6.04 Å². The van der Waals surface area contributed by atoms with Crippen molar-refractivity contribution in [2.75, 3.05) is 5.32 Å². The minimum Gasteiger partial charge on any atom is -0.380 e. The van der Waals surface area contributed by atoms with Gasteiger partial charge in [0.2, 0.25) is 0 Å². The van der Waals surface area contributed by atoms with Gasteiger partial charge in [-0.05, 0) is 37.3 Å². The number of hydrogen-bond donors (Lipinski definition) is 1. The molecule has 1 aromatic rings. The topological polar surface area (TPSA) is 12.0 Å². The molecular formula is C12H14Cl2FN. The van der Waals surface area contributed by atoms with Crippen LogP contribution < -0.4 is 5.32 Å². The zero-order valence-electron chi connectivity index (χ0n) is 9.06. The van der Waals surface area contributed by atoms with Gasteiger partial charge in [-0.15, -0.1) is 0 Å². The van der Waals surface area contributed by atoms with E-state index in [1.54, 1.807) is 0 Å². The molecule has 0 spiro atoms. The molecule has 16 heavy (non-hydrogen) atoms. The van der Waals surface area contributed by atoms with Crippen LogP contribution in [0.25, 0.3) is 0 Å². The summed E-state index contributed by atoms with van der Waals surface area (Å²) in [5, 5.41) is 4.03. The monoisotopic (exact) mass is 261 g/mol. The van der Waals surface area contributed by atoms with Crippen LogP contribution in [0.3, 0.4) is 0 Å². The Hall–Kier alpha value is -0.470. The number of hydrogen-bond acceptors (Lipinski definition) is 1. The molecule has 0 aromatic heterocycles. The molecule has 2 rings (SSSR count). The van der Waals surface area contributed by atoms with Crippen LogP contribution in [0.5, 0.6) is 0 Å². The van der Waals surface area contributed by atoms with Crippen molar-refractivity contribution in [3.63, 3.8) is 0 Å². The molecule has 88 valence electrons. The molecule has 0 radical (unpaired) electrons. The first kappa shape index (κ1) is 12.0. The molecule has 0 amide bonds. The van der Waals surface area contributed by atoms with E-state index < -0.39 is 5.82 Å². The lowest BCUT2D eigenvalue weighted by Gasteiger charge is -2.19. The molecule has 0 aliphatic heterocycles. The first-order chi connectivity index (χ1) is 7.61. The molecule has 1 aromatic carbocycles. The lowest BCUT2D eigenvalue weighted by atomic mass is 10.1. The average molecular weight is 262 g/mol. The van der Waals surface area contributed by atoms with Crippen molar-refractivity contribution in [2.24, 2.45) is 5.92 Å². The molecule has 1 nitrogen and oxygen atoms in total. The minimum absolute atomic E-state index is 0.351. The van der Waals surface area contributed by atoms with Crippen LogP contribution in [0.2, 0.25) is 10.0 Å². The van der Waals surface area contributed by atoms with Gasteiger partial charge in [-0.25, -0.2) is 4.39 Å². The van der Waals surface area contributed by atoms with Gasteiger partial charge in [0.1, 0.15) is 5.82 Å². The highest BCUT2D eigenvalue weighted by molar-refractivity contribution is 6.39. The Morgan fingerprint density at radius 2 is 1.94 bits per heavy atom. The van der Waals surface area contributed by atoms with E-state index >= 15 is 0 Å². The number of anilines is 1. The summed E-state index contributed by atoms with van der Waals surface area (Å²) in [5.74, 6) is 0.308. The van der Waals surface area contributed by atoms with Crippen LogP contribution in [0.15, 0.2) is 12.1 Å². The summed E-state index contributed by atoms with van der Waals surface area (Å²) >= 11 is 11.9. The number of nitrogens with one attached hydrogen (secondary N) is 1. The molecule has 1 aliphatic carbocycles. The van der Waals surface area contributed by atoms with Crippen LogP contribution in [0.4, 0.5) is 10.1 Å². The Morgan fingerprint density at radius 1 is 1.38 bits per heavy atom. The number of rotatable bonds is 4. The van der Waals surface area contributed by atoms with Crippen LogP contribution in [-0.2, 0) is 0 Å². The van der Waals surface area contributed by atoms with Gasteiger partial charge >= 0.3 is 0 Å². The van der Waals surface area contributed by atoms with Gasteiger partial charge in [-0.2, -0.15) is 0 Å². The first-order valence-electron chi connectivity index (χ1n) is 5.53. The van der Waals surface area contributed by atoms with Crippen molar-refractivity contribution in [2.45, 2.75) is 32.2 Å². The molecule has 1 N–H and O–H groups in total. The summed E-state index contributed by atoms with van der Waals surface area (Å²) in [6.07, 6.45) is 3.53. The predicted molar refractivity (Wildman–Crippen MR) is 66.8 cm³/mol. The van der Waals surface area contributed by atoms with Crippen molar-refractivity contribution in [3.05, 3.63) is 28.0 Å². The molecule has 1 fully saturated rings. The molecule has 1 saturated carbocycles. The van der Waals surface area contributed by atoms with E-state index in [4.69, 9.17) is 23.2 Å². The molecule has 1 aliphatic rings. The largest absolute Gasteiger partial charge is 0.380 e. The van der Waals surface area contributed by atoms with Crippen LogP contribution in [0, 0.1) is 11.7 Å². The van der Waals surface area contributed by atoms with Crippen molar-refractivity contribution in [1.82, 2.24) is 0 Å². The molecular weight excluding hydrogens is 248 g/mol. The Labute approximate surface area is 105 Å². The van der Waals surface area contributed by atoms with Crippen LogP contribution in [0.1, 0.15) is 26.2 Å². The van der Waals surface area contributed by atoms with E-state index in [1.807, 2.05) is 0 Å². The highest BCUT2D eigenvalue weighted by atomic mass is 35.5. The maximum absolute atomic E-state index is 13.0. The van der Waals surface area contributed by atoms with Gasteiger partial charge < -0.3 is 5.32 Å². The predicted octanol–water partition coefficient (Wildman–Crippen LogP) is 4.73. The van der Waals surface area contributed by atoms with E-state index in [1.165, 1.54) is 25.0 Å². The van der Waals surface area contributed by atoms with Gasteiger partial charge in [0.05, 0.1) is 15.7 Å². The van der Waals surface area contributed by atoms with E-state index in [2.05, 4.69) is 12.2 Å². The third kappa shape index (κ3) is 2.61. The number of benzene rings is 1. The third-order valence-electron chi connectivity index (χ3n) is 2.97. The SMILES string of the molecule is CCC(Nc1c(Cl)cc(F)cc1Cl)C1CC1. The second-order valence-corrected chi connectivity index (χ2v) is 5.06. The second-order valence-electron chi connectivity index (χ2n) is 4.24. The van der Waals surface area contributed by atoms with Gasteiger partial charge in [0.15, 0.2) is 0 Å². The smallest absolute Gasteiger partial charge is 0.126 e.